The minimum absolute atomic E-state index is 0.0335. The zero-order valence-corrected chi connectivity index (χ0v) is 13.9. The quantitative estimate of drug-likeness (QED) is 0.866. The second-order valence-electron chi connectivity index (χ2n) is 6.05. The Hall–Kier alpha value is -2.90. The standard InChI is InChI=1S/C16H19FN4O3/c1-16(2,3)24-15(22)21(4)13-8-14(20-9-19-13)23-12-6-5-10(18)7-11(12)17/h5-9H,18H2,1-4H3. The predicted molar refractivity (Wildman–Crippen MR) is 87.6 cm³/mol. The highest BCUT2D eigenvalue weighted by molar-refractivity contribution is 5.86. The maximum absolute atomic E-state index is 13.8. The van der Waals surface area contributed by atoms with E-state index in [1.807, 2.05) is 0 Å². The van der Waals surface area contributed by atoms with Crippen LogP contribution in [0, 0.1) is 5.82 Å². The van der Waals surface area contributed by atoms with Crippen molar-refractivity contribution in [3.63, 3.8) is 0 Å². The Morgan fingerprint density at radius 3 is 2.58 bits per heavy atom. The molecule has 0 bridgehead atoms. The SMILES string of the molecule is CN(C(=O)OC(C)(C)C)c1cc(Oc2ccc(N)cc2F)ncn1. The molecule has 1 amide bonds. The van der Waals surface area contributed by atoms with Gasteiger partial charge in [-0.3, -0.25) is 4.90 Å². The highest BCUT2D eigenvalue weighted by atomic mass is 19.1. The lowest BCUT2D eigenvalue weighted by Crippen LogP contribution is -2.34. The molecule has 0 atom stereocenters. The summed E-state index contributed by atoms with van der Waals surface area (Å²) in [7, 11) is 1.50. The molecule has 1 aromatic heterocycles. The Balaban J connectivity index is 2.18. The van der Waals surface area contributed by atoms with E-state index in [2.05, 4.69) is 9.97 Å². The van der Waals surface area contributed by atoms with Crippen LogP contribution in [0.25, 0.3) is 0 Å². The summed E-state index contributed by atoms with van der Waals surface area (Å²) in [4.78, 5) is 21.1. The molecular weight excluding hydrogens is 315 g/mol. The summed E-state index contributed by atoms with van der Waals surface area (Å²) in [6.45, 7) is 5.28. The molecule has 8 heteroatoms. The molecule has 0 aliphatic rings. The van der Waals surface area contributed by atoms with E-state index in [1.165, 1.54) is 36.5 Å². The number of ether oxygens (including phenoxy) is 2. The maximum atomic E-state index is 13.8. The topological polar surface area (TPSA) is 90.6 Å². The number of hydrogen-bond acceptors (Lipinski definition) is 6. The summed E-state index contributed by atoms with van der Waals surface area (Å²) >= 11 is 0. The van der Waals surface area contributed by atoms with Gasteiger partial charge in [0.25, 0.3) is 0 Å². The van der Waals surface area contributed by atoms with E-state index in [0.717, 1.165) is 6.07 Å². The van der Waals surface area contributed by atoms with Crippen molar-refractivity contribution in [2.75, 3.05) is 17.7 Å². The molecule has 0 aliphatic heterocycles. The number of aromatic nitrogens is 2. The summed E-state index contributed by atoms with van der Waals surface area (Å²) in [5.74, 6) is -0.311. The van der Waals surface area contributed by atoms with Gasteiger partial charge < -0.3 is 15.2 Å². The summed E-state index contributed by atoms with van der Waals surface area (Å²) in [5, 5.41) is 0. The van der Waals surface area contributed by atoms with Gasteiger partial charge in [-0.15, -0.1) is 0 Å². The minimum Gasteiger partial charge on any atom is -0.443 e. The average Bonchev–Trinajstić information content (AvgIpc) is 2.48. The van der Waals surface area contributed by atoms with Crippen LogP contribution in [0.1, 0.15) is 20.8 Å². The van der Waals surface area contributed by atoms with E-state index in [4.69, 9.17) is 15.2 Å². The smallest absolute Gasteiger partial charge is 0.415 e. The number of nitrogens with two attached hydrogens (primary N) is 1. The van der Waals surface area contributed by atoms with E-state index < -0.39 is 17.5 Å². The largest absolute Gasteiger partial charge is 0.443 e. The number of amides is 1. The highest BCUT2D eigenvalue weighted by Crippen LogP contribution is 2.26. The first-order valence-electron chi connectivity index (χ1n) is 7.17. The van der Waals surface area contributed by atoms with Crippen LogP contribution < -0.4 is 15.4 Å². The van der Waals surface area contributed by atoms with Gasteiger partial charge in [0.1, 0.15) is 17.7 Å². The first kappa shape index (κ1) is 17.5. The van der Waals surface area contributed by atoms with Crippen LogP contribution in [-0.4, -0.2) is 28.7 Å². The van der Waals surface area contributed by atoms with Crippen LogP contribution in [-0.2, 0) is 4.74 Å². The first-order valence-corrected chi connectivity index (χ1v) is 7.17. The van der Waals surface area contributed by atoms with E-state index in [9.17, 15) is 9.18 Å². The third kappa shape index (κ3) is 4.55. The van der Waals surface area contributed by atoms with E-state index >= 15 is 0 Å². The molecule has 7 nitrogen and oxygen atoms in total. The number of rotatable bonds is 3. The molecule has 1 heterocycles. The van der Waals surface area contributed by atoms with Crippen molar-refractivity contribution < 1.29 is 18.7 Å². The Morgan fingerprint density at radius 1 is 1.25 bits per heavy atom. The molecule has 0 aliphatic carbocycles. The Morgan fingerprint density at radius 2 is 1.96 bits per heavy atom. The Kier molecular flexibility index (Phi) is 4.87. The second kappa shape index (κ2) is 6.69. The van der Waals surface area contributed by atoms with Crippen LogP contribution >= 0.6 is 0 Å². The van der Waals surface area contributed by atoms with Crippen molar-refractivity contribution in [2.24, 2.45) is 0 Å². The number of halogens is 1. The number of nitrogen functional groups attached to an aromatic ring is 1. The van der Waals surface area contributed by atoms with Crippen molar-refractivity contribution >= 4 is 17.6 Å². The van der Waals surface area contributed by atoms with Gasteiger partial charge in [-0.2, -0.15) is 0 Å². The Bertz CT molecular complexity index is 746. The summed E-state index contributed by atoms with van der Waals surface area (Å²) < 4.78 is 24.4. The van der Waals surface area contributed by atoms with E-state index in [-0.39, 0.29) is 23.1 Å². The molecule has 2 aromatic rings. The molecule has 24 heavy (non-hydrogen) atoms. The number of carbonyl (C=O) groups excluding carboxylic acids is 1. The molecule has 0 radical (unpaired) electrons. The molecule has 2 N–H and O–H groups in total. The third-order valence-electron chi connectivity index (χ3n) is 2.81. The fourth-order valence-electron chi connectivity index (χ4n) is 1.71. The minimum atomic E-state index is -0.634. The number of nitrogens with zero attached hydrogens (tertiary/aromatic N) is 3. The van der Waals surface area contributed by atoms with E-state index in [1.54, 1.807) is 20.8 Å². The van der Waals surface area contributed by atoms with Gasteiger partial charge in [0.2, 0.25) is 5.88 Å². The van der Waals surface area contributed by atoms with Gasteiger partial charge in [-0.1, -0.05) is 0 Å². The van der Waals surface area contributed by atoms with Crippen LogP contribution in [0.5, 0.6) is 11.6 Å². The van der Waals surface area contributed by atoms with Gasteiger partial charge in [0, 0.05) is 24.9 Å². The van der Waals surface area contributed by atoms with Gasteiger partial charge >= 0.3 is 6.09 Å². The molecule has 0 spiro atoms. The van der Waals surface area contributed by atoms with E-state index in [0.29, 0.717) is 0 Å². The van der Waals surface area contributed by atoms with Gasteiger partial charge in [-0.25, -0.2) is 19.2 Å². The second-order valence-corrected chi connectivity index (χ2v) is 6.05. The number of carbonyl (C=O) groups is 1. The lowest BCUT2D eigenvalue weighted by Gasteiger charge is -2.24. The fourth-order valence-corrected chi connectivity index (χ4v) is 1.71. The average molecular weight is 334 g/mol. The molecule has 0 saturated heterocycles. The molecular formula is C16H19FN4O3. The zero-order chi connectivity index (χ0) is 17.9. The lowest BCUT2D eigenvalue weighted by molar-refractivity contribution is 0.0588. The monoisotopic (exact) mass is 334 g/mol. The normalized spacial score (nSPS) is 11.0. The molecule has 0 fully saturated rings. The Labute approximate surface area is 139 Å². The molecule has 128 valence electrons. The van der Waals surface area contributed by atoms with Gasteiger partial charge in [-0.05, 0) is 32.9 Å². The van der Waals surface area contributed by atoms with Crippen molar-refractivity contribution in [3.05, 3.63) is 36.4 Å². The fraction of sp³-hybridized carbons (Fsp3) is 0.312. The predicted octanol–water partition coefficient (Wildman–Crippen LogP) is 3.36. The van der Waals surface area contributed by atoms with Crippen LogP contribution in [0.2, 0.25) is 0 Å². The van der Waals surface area contributed by atoms with Crippen LogP contribution in [0.4, 0.5) is 20.7 Å². The van der Waals surface area contributed by atoms with Crippen molar-refractivity contribution in [1.29, 1.82) is 0 Å². The van der Waals surface area contributed by atoms with Crippen molar-refractivity contribution in [2.45, 2.75) is 26.4 Å². The highest BCUT2D eigenvalue weighted by Gasteiger charge is 2.21. The zero-order valence-electron chi connectivity index (χ0n) is 13.9. The number of benzene rings is 1. The molecule has 0 unspecified atom stereocenters. The van der Waals surface area contributed by atoms with Crippen LogP contribution in [0.3, 0.4) is 0 Å². The van der Waals surface area contributed by atoms with Gasteiger partial charge in [0.15, 0.2) is 11.6 Å². The molecule has 1 aromatic carbocycles. The maximum Gasteiger partial charge on any atom is 0.415 e. The lowest BCUT2D eigenvalue weighted by atomic mass is 10.2. The first-order chi connectivity index (χ1) is 11.2. The molecule has 0 saturated carbocycles. The summed E-state index contributed by atoms with van der Waals surface area (Å²) in [6.07, 6.45) is 0.631. The summed E-state index contributed by atoms with van der Waals surface area (Å²) in [5.41, 5.74) is 5.14. The number of hydrogen-bond donors (Lipinski definition) is 1. The summed E-state index contributed by atoms with van der Waals surface area (Å²) in [6, 6.07) is 5.45. The number of anilines is 2. The van der Waals surface area contributed by atoms with Gasteiger partial charge in [0.05, 0.1) is 0 Å². The van der Waals surface area contributed by atoms with Crippen molar-refractivity contribution in [1.82, 2.24) is 9.97 Å². The van der Waals surface area contributed by atoms with Crippen LogP contribution in [0.15, 0.2) is 30.6 Å². The molecule has 2 rings (SSSR count). The third-order valence-corrected chi connectivity index (χ3v) is 2.81. The van der Waals surface area contributed by atoms with Crippen molar-refractivity contribution in [3.8, 4) is 11.6 Å².